The van der Waals surface area contributed by atoms with Crippen molar-refractivity contribution in [1.82, 2.24) is 0 Å². The molecule has 2 aromatic rings. The van der Waals surface area contributed by atoms with E-state index in [-0.39, 0.29) is 0 Å². The average molecular weight is 345 g/mol. The standard InChI is InChI=1S/C19H21ClN2S/c20-16-5-4-6-17(13-16)22-21-14-15-9-11-19(12-10-15)23-18-7-2-1-3-8-18/h4-6,9-14,18,22H,1-3,7-8H2. The quantitative estimate of drug-likeness (QED) is 0.515. The van der Waals surface area contributed by atoms with Crippen LogP contribution in [0.2, 0.25) is 5.02 Å². The van der Waals surface area contributed by atoms with E-state index in [2.05, 4.69) is 34.8 Å². The summed E-state index contributed by atoms with van der Waals surface area (Å²) >= 11 is 7.96. The van der Waals surface area contributed by atoms with E-state index in [1.165, 1.54) is 37.0 Å². The molecule has 2 nitrogen and oxygen atoms in total. The lowest BCUT2D eigenvalue weighted by molar-refractivity contribution is 0.516. The molecule has 23 heavy (non-hydrogen) atoms. The van der Waals surface area contributed by atoms with Crippen LogP contribution in [-0.4, -0.2) is 11.5 Å². The summed E-state index contributed by atoms with van der Waals surface area (Å²) in [6.45, 7) is 0. The zero-order chi connectivity index (χ0) is 15.9. The normalized spacial score (nSPS) is 15.9. The predicted octanol–water partition coefficient (Wildman–Crippen LogP) is 6.21. The van der Waals surface area contributed by atoms with Crippen molar-refractivity contribution < 1.29 is 0 Å². The molecule has 0 unspecified atom stereocenters. The molecule has 0 atom stereocenters. The van der Waals surface area contributed by atoms with Crippen LogP contribution in [0, 0.1) is 0 Å². The molecule has 0 aliphatic heterocycles. The first-order chi connectivity index (χ1) is 11.3. The molecule has 1 fully saturated rings. The van der Waals surface area contributed by atoms with Crippen molar-refractivity contribution in [3.05, 3.63) is 59.1 Å². The van der Waals surface area contributed by atoms with E-state index >= 15 is 0 Å². The summed E-state index contributed by atoms with van der Waals surface area (Å²) in [6.07, 6.45) is 8.73. The van der Waals surface area contributed by atoms with Gasteiger partial charge in [0.2, 0.25) is 0 Å². The van der Waals surface area contributed by atoms with Gasteiger partial charge in [-0.25, -0.2) is 0 Å². The molecule has 0 aromatic heterocycles. The van der Waals surface area contributed by atoms with E-state index in [9.17, 15) is 0 Å². The lowest BCUT2D eigenvalue weighted by Gasteiger charge is -2.20. The number of nitrogens with one attached hydrogen (secondary N) is 1. The average Bonchev–Trinajstić information content (AvgIpc) is 2.58. The molecular formula is C19H21ClN2S. The maximum absolute atomic E-state index is 5.94. The van der Waals surface area contributed by atoms with E-state index in [4.69, 9.17) is 11.6 Å². The minimum atomic E-state index is 0.703. The molecular weight excluding hydrogens is 324 g/mol. The molecule has 3 rings (SSSR count). The number of halogens is 1. The third-order valence-electron chi connectivity index (χ3n) is 3.97. The molecule has 2 aromatic carbocycles. The van der Waals surface area contributed by atoms with E-state index in [1.54, 1.807) is 0 Å². The molecule has 0 bridgehead atoms. The topological polar surface area (TPSA) is 24.4 Å². The molecule has 0 amide bonds. The number of thioether (sulfide) groups is 1. The number of hydrogen-bond donors (Lipinski definition) is 1. The molecule has 0 heterocycles. The van der Waals surface area contributed by atoms with Crippen molar-refractivity contribution in [2.75, 3.05) is 5.43 Å². The summed E-state index contributed by atoms with van der Waals surface area (Å²) in [6, 6.07) is 16.2. The van der Waals surface area contributed by atoms with Gasteiger partial charge in [0.05, 0.1) is 11.9 Å². The van der Waals surface area contributed by atoms with Crippen molar-refractivity contribution in [1.29, 1.82) is 0 Å². The summed E-state index contributed by atoms with van der Waals surface area (Å²) in [4.78, 5) is 1.36. The van der Waals surface area contributed by atoms with Gasteiger partial charge in [0.1, 0.15) is 0 Å². The van der Waals surface area contributed by atoms with Gasteiger partial charge >= 0.3 is 0 Å². The van der Waals surface area contributed by atoms with Gasteiger partial charge in [0.25, 0.3) is 0 Å². The van der Waals surface area contributed by atoms with Gasteiger partial charge in [0.15, 0.2) is 0 Å². The Morgan fingerprint density at radius 1 is 1.04 bits per heavy atom. The zero-order valence-electron chi connectivity index (χ0n) is 13.0. The number of nitrogens with zero attached hydrogens (tertiary/aromatic N) is 1. The van der Waals surface area contributed by atoms with Crippen LogP contribution in [0.3, 0.4) is 0 Å². The highest BCUT2D eigenvalue weighted by molar-refractivity contribution is 8.00. The highest BCUT2D eigenvalue weighted by atomic mass is 35.5. The molecule has 120 valence electrons. The van der Waals surface area contributed by atoms with Crippen LogP contribution in [0.15, 0.2) is 58.5 Å². The predicted molar refractivity (Wildman–Crippen MR) is 102 cm³/mol. The smallest absolute Gasteiger partial charge is 0.0576 e. The Labute approximate surface area is 147 Å². The molecule has 0 saturated heterocycles. The number of rotatable bonds is 5. The number of benzene rings is 2. The first kappa shape index (κ1) is 16.4. The van der Waals surface area contributed by atoms with E-state index < -0.39 is 0 Å². The van der Waals surface area contributed by atoms with Gasteiger partial charge in [-0.2, -0.15) is 5.10 Å². The lowest BCUT2D eigenvalue weighted by atomic mass is 10.0. The van der Waals surface area contributed by atoms with E-state index in [0.29, 0.717) is 5.02 Å². The second kappa shape index (κ2) is 8.42. The van der Waals surface area contributed by atoms with Gasteiger partial charge in [0, 0.05) is 15.2 Å². The molecule has 1 aliphatic carbocycles. The minimum absolute atomic E-state index is 0.703. The van der Waals surface area contributed by atoms with Crippen molar-refractivity contribution >= 4 is 35.3 Å². The Balaban J connectivity index is 1.53. The van der Waals surface area contributed by atoms with Crippen molar-refractivity contribution in [3.8, 4) is 0 Å². The van der Waals surface area contributed by atoms with Gasteiger partial charge in [-0.05, 0) is 48.7 Å². The lowest BCUT2D eigenvalue weighted by Crippen LogP contribution is -2.07. The Kier molecular flexibility index (Phi) is 6.00. The highest BCUT2D eigenvalue weighted by Gasteiger charge is 2.14. The van der Waals surface area contributed by atoms with E-state index in [1.807, 2.05) is 42.2 Å². The van der Waals surface area contributed by atoms with Crippen LogP contribution in [-0.2, 0) is 0 Å². The number of anilines is 1. The highest BCUT2D eigenvalue weighted by Crippen LogP contribution is 2.33. The van der Waals surface area contributed by atoms with Crippen molar-refractivity contribution in [2.45, 2.75) is 42.2 Å². The van der Waals surface area contributed by atoms with Crippen molar-refractivity contribution in [2.24, 2.45) is 5.10 Å². The molecule has 1 saturated carbocycles. The SMILES string of the molecule is Clc1cccc(NN=Cc2ccc(SC3CCCCC3)cc2)c1. The van der Waals surface area contributed by atoms with Gasteiger partial charge in [-0.3, -0.25) is 5.43 Å². The van der Waals surface area contributed by atoms with Crippen LogP contribution in [0.25, 0.3) is 0 Å². The number of hydrogen-bond acceptors (Lipinski definition) is 3. The second-order valence-corrected chi connectivity index (χ2v) is 7.64. The summed E-state index contributed by atoms with van der Waals surface area (Å²) in [7, 11) is 0. The number of hydrazone groups is 1. The van der Waals surface area contributed by atoms with Gasteiger partial charge < -0.3 is 0 Å². The fraction of sp³-hybridized carbons (Fsp3) is 0.316. The molecule has 1 aliphatic rings. The summed E-state index contributed by atoms with van der Waals surface area (Å²) in [5.41, 5.74) is 4.97. The van der Waals surface area contributed by atoms with E-state index in [0.717, 1.165) is 16.5 Å². The summed E-state index contributed by atoms with van der Waals surface area (Å²) in [5, 5.41) is 5.76. The van der Waals surface area contributed by atoms with Crippen molar-refractivity contribution in [3.63, 3.8) is 0 Å². The third-order valence-corrected chi connectivity index (χ3v) is 5.55. The largest absolute Gasteiger partial charge is 0.278 e. The maximum atomic E-state index is 5.94. The molecule has 1 N–H and O–H groups in total. The van der Waals surface area contributed by atoms with Crippen LogP contribution < -0.4 is 5.43 Å². The Hall–Kier alpha value is -1.45. The first-order valence-electron chi connectivity index (χ1n) is 8.11. The molecule has 4 heteroatoms. The Morgan fingerprint density at radius 2 is 1.83 bits per heavy atom. The fourth-order valence-electron chi connectivity index (χ4n) is 2.75. The zero-order valence-corrected chi connectivity index (χ0v) is 14.6. The summed E-state index contributed by atoms with van der Waals surface area (Å²) < 4.78 is 0. The minimum Gasteiger partial charge on any atom is -0.278 e. The second-order valence-electron chi connectivity index (χ2n) is 5.83. The monoisotopic (exact) mass is 344 g/mol. The Bertz CT molecular complexity index is 649. The fourth-order valence-corrected chi connectivity index (χ4v) is 4.18. The van der Waals surface area contributed by atoms with Gasteiger partial charge in [-0.15, -0.1) is 11.8 Å². The van der Waals surface area contributed by atoms with Crippen LogP contribution in [0.4, 0.5) is 5.69 Å². The van der Waals surface area contributed by atoms with Crippen LogP contribution in [0.1, 0.15) is 37.7 Å². The summed E-state index contributed by atoms with van der Waals surface area (Å²) in [5.74, 6) is 0. The van der Waals surface area contributed by atoms with Gasteiger partial charge in [-0.1, -0.05) is 49.1 Å². The first-order valence-corrected chi connectivity index (χ1v) is 9.37. The molecule has 0 radical (unpaired) electrons. The van der Waals surface area contributed by atoms with Crippen LogP contribution in [0.5, 0.6) is 0 Å². The maximum Gasteiger partial charge on any atom is 0.0576 e. The Morgan fingerprint density at radius 3 is 2.57 bits per heavy atom. The third kappa shape index (κ3) is 5.29. The molecule has 0 spiro atoms. The van der Waals surface area contributed by atoms with Crippen LogP contribution >= 0.6 is 23.4 Å².